The smallest absolute Gasteiger partial charge is 0.149 e. The molecule has 2 aromatic carbocycles. The van der Waals surface area contributed by atoms with Crippen LogP contribution in [0.4, 0.5) is 14.5 Å². The Balaban J connectivity index is 1.80. The number of nitrogens with zero attached hydrogens (tertiary/aromatic N) is 2. The van der Waals surface area contributed by atoms with Crippen molar-refractivity contribution < 1.29 is 13.5 Å². The average Bonchev–Trinajstić information content (AvgIpc) is 2.63. The minimum absolute atomic E-state index is 0.0731. The zero-order valence-electron chi connectivity index (χ0n) is 13.2. The maximum atomic E-state index is 14.3. The second-order valence-electron chi connectivity index (χ2n) is 5.89. The van der Waals surface area contributed by atoms with Crippen LogP contribution in [0.1, 0.15) is 11.1 Å². The van der Waals surface area contributed by atoms with Crippen molar-refractivity contribution in [1.29, 1.82) is 0 Å². The van der Waals surface area contributed by atoms with Gasteiger partial charge >= 0.3 is 0 Å². The third kappa shape index (κ3) is 2.37. The van der Waals surface area contributed by atoms with Gasteiger partial charge in [-0.05, 0) is 47.9 Å². The molecule has 1 aliphatic rings. The monoisotopic (exact) mass is 326 g/mol. The molecule has 3 nitrogen and oxygen atoms in total. The van der Waals surface area contributed by atoms with Crippen molar-refractivity contribution in [2.75, 3.05) is 18.6 Å². The highest BCUT2D eigenvalue weighted by Crippen LogP contribution is 2.33. The van der Waals surface area contributed by atoms with Gasteiger partial charge in [-0.3, -0.25) is 4.98 Å². The number of hydrogen-bond acceptors (Lipinski definition) is 3. The van der Waals surface area contributed by atoms with Gasteiger partial charge in [-0.1, -0.05) is 6.07 Å². The summed E-state index contributed by atoms with van der Waals surface area (Å²) in [5, 5.41) is 0.240. The molecule has 1 aliphatic heterocycles. The highest BCUT2D eigenvalue weighted by molar-refractivity contribution is 5.92. The molecular weight excluding hydrogens is 310 g/mol. The Morgan fingerprint density at radius 3 is 2.71 bits per heavy atom. The van der Waals surface area contributed by atoms with Gasteiger partial charge < -0.3 is 9.64 Å². The van der Waals surface area contributed by atoms with E-state index in [1.807, 2.05) is 12.1 Å². The Morgan fingerprint density at radius 2 is 1.88 bits per heavy atom. The van der Waals surface area contributed by atoms with Gasteiger partial charge in [0.1, 0.15) is 22.9 Å². The molecule has 0 fully saturated rings. The van der Waals surface area contributed by atoms with Crippen molar-refractivity contribution in [3.8, 4) is 5.75 Å². The Hall–Kier alpha value is -2.69. The van der Waals surface area contributed by atoms with E-state index in [0.29, 0.717) is 12.2 Å². The molecule has 0 amide bonds. The van der Waals surface area contributed by atoms with Crippen LogP contribution in [0.2, 0.25) is 0 Å². The van der Waals surface area contributed by atoms with Crippen LogP contribution in [0.5, 0.6) is 5.75 Å². The van der Waals surface area contributed by atoms with Crippen LogP contribution in [-0.2, 0) is 13.0 Å². The first kappa shape index (κ1) is 14.9. The first-order chi connectivity index (χ1) is 11.7. The zero-order chi connectivity index (χ0) is 16.7. The van der Waals surface area contributed by atoms with Crippen molar-refractivity contribution in [3.63, 3.8) is 0 Å². The van der Waals surface area contributed by atoms with E-state index in [1.165, 1.54) is 11.8 Å². The molecule has 0 spiro atoms. The molecule has 0 atom stereocenters. The zero-order valence-corrected chi connectivity index (χ0v) is 13.2. The first-order valence-corrected chi connectivity index (χ1v) is 7.81. The number of methoxy groups -OCH3 is 1. The third-order valence-corrected chi connectivity index (χ3v) is 4.54. The number of benzene rings is 2. The second kappa shape index (κ2) is 5.74. The van der Waals surface area contributed by atoms with Gasteiger partial charge in [0.2, 0.25) is 0 Å². The Bertz CT molecular complexity index is 927. The van der Waals surface area contributed by atoms with E-state index in [0.717, 1.165) is 36.4 Å². The summed E-state index contributed by atoms with van der Waals surface area (Å²) in [5.74, 6) is -0.161. The fourth-order valence-electron chi connectivity index (χ4n) is 3.31. The van der Waals surface area contributed by atoms with E-state index < -0.39 is 11.6 Å². The van der Waals surface area contributed by atoms with E-state index in [4.69, 9.17) is 4.74 Å². The Kier molecular flexibility index (Phi) is 3.56. The van der Waals surface area contributed by atoms with Gasteiger partial charge in [0.05, 0.1) is 18.2 Å². The van der Waals surface area contributed by atoms with Gasteiger partial charge in [-0.2, -0.15) is 0 Å². The van der Waals surface area contributed by atoms with Crippen molar-refractivity contribution in [2.45, 2.75) is 13.0 Å². The molecule has 0 bridgehead atoms. The van der Waals surface area contributed by atoms with Crippen LogP contribution in [-0.4, -0.2) is 18.6 Å². The van der Waals surface area contributed by atoms with Gasteiger partial charge in [0.25, 0.3) is 0 Å². The first-order valence-electron chi connectivity index (χ1n) is 7.81. The van der Waals surface area contributed by atoms with Gasteiger partial charge in [-0.15, -0.1) is 0 Å². The topological polar surface area (TPSA) is 25.4 Å². The fourth-order valence-corrected chi connectivity index (χ4v) is 3.31. The molecule has 122 valence electrons. The predicted octanol–water partition coefficient (Wildman–Crippen LogP) is 4.08. The normalized spacial score (nSPS) is 13.9. The van der Waals surface area contributed by atoms with Gasteiger partial charge in [0, 0.05) is 19.3 Å². The van der Waals surface area contributed by atoms with Crippen LogP contribution in [0.15, 0.2) is 42.6 Å². The van der Waals surface area contributed by atoms with Crippen LogP contribution in [0.25, 0.3) is 10.9 Å². The van der Waals surface area contributed by atoms with E-state index >= 15 is 0 Å². The van der Waals surface area contributed by atoms with Crippen LogP contribution in [0.3, 0.4) is 0 Å². The maximum absolute atomic E-state index is 14.3. The predicted molar refractivity (Wildman–Crippen MR) is 89.4 cm³/mol. The van der Waals surface area contributed by atoms with Gasteiger partial charge in [-0.25, -0.2) is 8.78 Å². The molecule has 0 saturated heterocycles. The fraction of sp³-hybridized carbons (Fsp3) is 0.211. The molecule has 1 aromatic heterocycles. The van der Waals surface area contributed by atoms with E-state index in [1.54, 1.807) is 13.2 Å². The van der Waals surface area contributed by atoms with Crippen LogP contribution >= 0.6 is 0 Å². The van der Waals surface area contributed by atoms with Gasteiger partial charge in [0.15, 0.2) is 0 Å². The van der Waals surface area contributed by atoms with Crippen LogP contribution < -0.4 is 9.64 Å². The number of halogens is 2. The number of anilines is 1. The highest BCUT2D eigenvalue weighted by atomic mass is 19.1. The quantitative estimate of drug-likeness (QED) is 0.709. The standard InChI is InChI=1S/C19H16F2N2O/c1-24-14-3-2-12-7-9-23(11-13(12)10-14)17-6-8-22-19-16(21)5-4-15(20)18(17)19/h2-6,8,10H,7,9,11H2,1H3. The molecule has 5 heteroatoms. The Labute approximate surface area is 138 Å². The minimum atomic E-state index is -0.507. The summed E-state index contributed by atoms with van der Waals surface area (Å²) < 4.78 is 33.6. The average molecular weight is 326 g/mol. The number of pyridine rings is 1. The van der Waals surface area contributed by atoms with E-state index in [2.05, 4.69) is 16.0 Å². The molecular formula is C19H16F2N2O. The summed E-state index contributed by atoms with van der Waals surface area (Å²) >= 11 is 0. The van der Waals surface area contributed by atoms with E-state index in [9.17, 15) is 8.78 Å². The second-order valence-corrected chi connectivity index (χ2v) is 5.89. The lowest BCUT2D eigenvalue weighted by Crippen LogP contribution is -2.30. The number of rotatable bonds is 2. The number of fused-ring (bicyclic) bond motifs is 2. The molecule has 3 aromatic rings. The van der Waals surface area contributed by atoms with Crippen LogP contribution in [0, 0.1) is 11.6 Å². The summed E-state index contributed by atoms with van der Waals surface area (Å²) in [6, 6.07) is 10.0. The minimum Gasteiger partial charge on any atom is -0.497 e. The lowest BCUT2D eigenvalue weighted by atomic mass is 9.98. The summed E-state index contributed by atoms with van der Waals surface area (Å²) in [6.45, 7) is 1.37. The maximum Gasteiger partial charge on any atom is 0.149 e. The molecule has 0 aliphatic carbocycles. The molecule has 2 heterocycles. The summed E-state index contributed by atoms with van der Waals surface area (Å²) in [5.41, 5.74) is 3.15. The summed E-state index contributed by atoms with van der Waals surface area (Å²) in [6.07, 6.45) is 2.38. The molecule has 4 rings (SSSR count). The van der Waals surface area contributed by atoms with Crippen molar-refractivity contribution in [3.05, 3.63) is 65.4 Å². The number of ether oxygens (including phenoxy) is 1. The van der Waals surface area contributed by atoms with E-state index in [-0.39, 0.29) is 10.9 Å². The SMILES string of the molecule is COc1ccc2c(c1)CN(c1ccnc3c(F)ccc(F)c13)CC2. The van der Waals surface area contributed by atoms with Crippen molar-refractivity contribution in [2.24, 2.45) is 0 Å². The Morgan fingerprint density at radius 1 is 1.04 bits per heavy atom. The molecule has 0 N–H and O–H groups in total. The number of hydrogen-bond donors (Lipinski definition) is 0. The number of aromatic nitrogens is 1. The van der Waals surface area contributed by atoms with Crippen molar-refractivity contribution >= 4 is 16.6 Å². The molecule has 0 unspecified atom stereocenters. The molecule has 24 heavy (non-hydrogen) atoms. The van der Waals surface area contributed by atoms with Crippen molar-refractivity contribution in [1.82, 2.24) is 4.98 Å². The molecule has 0 radical (unpaired) electrons. The summed E-state index contributed by atoms with van der Waals surface area (Å²) in [4.78, 5) is 6.07. The largest absolute Gasteiger partial charge is 0.497 e. The lowest BCUT2D eigenvalue weighted by molar-refractivity contribution is 0.413. The molecule has 0 saturated carbocycles. The lowest BCUT2D eigenvalue weighted by Gasteiger charge is -2.31. The highest BCUT2D eigenvalue weighted by Gasteiger charge is 2.21. The third-order valence-electron chi connectivity index (χ3n) is 4.54. The summed E-state index contributed by atoms with van der Waals surface area (Å²) in [7, 11) is 1.64.